The van der Waals surface area contributed by atoms with Crippen molar-refractivity contribution in [2.24, 2.45) is 5.73 Å². The summed E-state index contributed by atoms with van der Waals surface area (Å²) in [5.41, 5.74) is 5.36. The summed E-state index contributed by atoms with van der Waals surface area (Å²) in [5, 5.41) is 0. The number of hydrogen-bond acceptors (Lipinski definition) is 4. The number of rotatable bonds is 6. The Balaban J connectivity index is 2.78. The van der Waals surface area contributed by atoms with Crippen LogP contribution in [-0.2, 0) is 16.4 Å². The van der Waals surface area contributed by atoms with Crippen LogP contribution in [0, 0.1) is 0 Å². The van der Waals surface area contributed by atoms with Crippen molar-refractivity contribution >= 4 is 21.4 Å². The quantitative estimate of drug-likeness (QED) is 0.871. The van der Waals surface area contributed by atoms with Gasteiger partial charge in [0.2, 0.25) is 0 Å². The standard InChI is InChI=1S/C10H15F3N2O2S2/c1-15(7-5-10(11,12)13)19(16,17)9-3-2-8(18-9)4-6-14/h2-3H,4-7,14H2,1H3. The first-order valence-electron chi connectivity index (χ1n) is 5.48. The number of thiophene rings is 1. The van der Waals surface area contributed by atoms with E-state index in [-0.39, 0.29) is 4.21 Å². The van der Waals surface area contributed by atoms with Crippen LogP contribution in [0.25, 0.3) is 0 Å². The van der Waals surface area contributed by atoms with Crippen LogP contribution in [0.3, 0.4) is 0 Å². The van der Waals surface area contributed by atoms with E-state index < -0.39 is 29.2 Å². The van der Waals surface area contributed by atoms with Gasteiger partial charge >= 0.3 is 6.18 Å². The summed E-state index contributed by atoms with van der Waals surface area (Å²) in [7, 11) is -2.71. The molecule has 0 aromatic carbocycles. The number of halogens is 3. The van der Waals surface area contributed by atoms with E-state index in [1.807, 2.05) is 0 Å². The van der Waals surface area contributed by atoms with Crippen molar-refractivity contribution in [1.82, 2.24) is 4.31 Å². The van der Waals surface area contributed by atoms with E-state index >= 15 is 0 Å². The maximum Gasteiger partial charge on any atom is 0.390 e. The Kier molecular flexibility index (Phi) is 5.36. The molecule has 2 N–H and O–H groups in total. The van der Waals surface area contributed by atoms with Crippen molar-refractivity contribution in [2.45, 2.75) is 23.2 Å². The van der Waals surface area contributed by atoms with Gasteiger partial charge in [-0.15, -0.1) is 11.3 Å². The maximum absolute atomic E-state index is 12.1. The molecule has 1 heterocycles. The van der Waals surface area contributed by atoms with Gasteiger partial charge in [-0.05, 0) is 25.1 Å². The predicted molar refractivity (Wildman–Crippen MR) is 67.6 cm³/mol. The Morgan fingerprint density at radius 3 is 2.53 bits per heavy atom. The van der Waals surface area contributed by atoms with Crippen molar-refractivity contribution < 1.29 is 21.6 Å². The van der Waals surface area contributed by atoms with Crippen molar-refractivity contribution in [2.75, 3.05) is 20.1 Å². The first kappa shape index (κ1) is 16.4. The minimum atomic E-state index is -4.37. The summed E-state index contributed by atoms with van der Waals surface area (Å²) in [4.78, 5) is 0.797. The minimum absolute atomic E-state index is 0.0422. The molecule has 110 valence electrons. The zero-order valence-corrected chi connectivity index (χ0v) is 11.9. The second kappa shape index (κ2) is 6.21. The van der Waals surface area contributed by atoms with Crippen LogP contribution in [0.1, 0.15) is 11.3 Å². The van der Waals surface area contributed by atoms with E-state index in [1.54, 1.807) is 6.07 Å². The first-order chi connectivity index (χ1) is 8.66. The van der Waals surface area contributed by atoms with Gasteiger partial charge in [0.15, 0.2) is 0 Å². The molecular weight excluding hydrogens is 301 g/mol. The van der Waals surface area contributed by atoms with Gasteiger partial charge in [0.05, 0.1) is 6.42 Å². The molecule has 19 heavy (non-hydrogen) atoms. The monoisotopic (exact) mass is 316 g/mol. The highest BCUT2D eigenvalue weighted by Crippen LogP contribution is 2.26. The Morgan fingerprint density at radius 2 is 2.00 bits per heavy atom. The van der Waals surface area contributed by atoms with Gasteiger partial charge in [0, 0.05) is 18.5 Å². The van der Waals surface area contributed by atoms with Crippen LogP contribution in [0.15, 0.2) is 16.3 Å². The normalized spacial score (nSPS) is 13.2. The molecule has 1 rings (SSSR count). The maximum atomic E-state index is 12.1. The number of nitrogens with two attached hydrogens (primary N) is 1. The van der Waals surface area contributed by atoms with Gasteiger partial charge in [-0.25, -0.2) is 8.42 Å². The van der Waals surface area contributed by atoms with Gasteiger partial charge < -0.3 is 5.73 Å². The zero-order chi connectivity index (χ0) is 14.7. The first-order valence-corrected chi connectivity index (χ1v) is 7.74. The molecule has 0 saturated heterocycles. The van der Waals surface area contributed by atoms with Gasteiger partial charge in [-0.2, -0.15) is 17.5 Å². The van der Waals surface area contributed by atoms with E-state index in [9.17, 15) is 21.6 Å². The molecule has 0 amide bonds. The third kappa shape index (κ3) is 4.75. The summed E-state index contributed by atoms with van der Waals surface area (Å²) in [6.45, 7) is -0.195. The van der Waals surface area contributed by atoms with Crippen LogP contribution in [-0.4, -0.2) is 39.0 Å². The lowest BCUT2D eigenvalue weighted by atomic mass is 10.3. The molecule has 0 bridgehead atoms. The molecule has 0 aliphatic heterocycles. The minimum Gasteiger partial charge on any atom is -0.330 e. The smallest absolute Gasteiger partial charge is 0.330 e. The lowest BCUT2D eigenvalue weighted by molar-refractivity contribution is -0.135. The van der Waals surface area contributed by atoms with E-state index in [0.717, 1.165) is 27.6 Å². The summed E-state index contributed by atoms with van der Waals surface area (Å²) < 4.78 is 61.0. The van der Waals surface area contributed by atoms with Crippen molar-refractivity contribution in [3.63, 3.8) is 0 Å². The zero-order valence-electron chi connectivity index (χ0n) is 10.3. The van der Waals surface area contributed by atoms with Gasteiger partial charge in [0.25, 0.3) is 10.0 Å². The van der Waals surface area contributed by atoms with E-state index in [2.05, 4.69) is 0 Å². The fourth-order valence-electron chi connectivity index (χ4n) is 1.33. The molecule has 0 saturated carbocycles. The largest absolute Gasteiger partial charge is 0.390 e. The van der Waals surface area contributed by atoms with Crippen molar-refractivity contribution in [3.05, 3.63) is 17.0 Å². The van der Waals surface area contributed by atoms with Crippen LogP contribution >= 0.6 is 11.3 Å². The molecule has 0 unspecified atom stereocenters. The Bertz CT molecular complexity index is 511. The summed E-state index contributed by atoms with van der Waals surface area (Å²) in [5.74, 6) is 0. The van der Waals surface area contributed by atoms with Crippen molar-refractivity contribution in [1.29, 1.82) is 0 Å². The topological polar surface area (TPSA) is 63.4 Å². The summed E-state index contributed by atoms with van der Waals surface area (Å²) >= 11 is 1.04. The lowest BCUT2D eigenvalue weighted by Gasteiger charge is -2.16. The Hall–Kier alpha value is -0.640. The number of alkyl halides is 3. The summed E-state index contributed by atoms with van der Waals surface area (Å²) in [6.07, 6.45) is -4.99. The second-order valence-corrected chi connectivity index (χ2v) is 7.39. The number of sulfonamides is 1. The number of nitrogens with zero attached hydrogens (tertiary/aromatic N) is 1. The predicted octanol–water partition coefficient (Wildman–Crippen LogP) is 1.82. The third-order valence-corrected chi connectivity index (χ3v) is 5.87. The van der Waals surface area contributed by atoms with Gasteiger partial charge in [0.1, 0.15) is 4.21 Å². The van der Waals surface area contributed by atoms with E-state index in [0.29, 0.717) is 13.0 Å². The van der Waals surface area contributed by atoms with E-state index in [1.165, 1.54) is 6.07 Å². The van der Waals surface area contributed by atoms with Gasteiger partial charge in [-0.1, -0.05) is 0 Å². The molecule has 1 aromatic rings. The Labute approximate surface area is 114 Å². The lowest BCUT2D eigenvalue weighted by Crippen LogP contribution is -2.30. The van der Waals surface area contributed by atoms with Crippen LogP contribution in [0.4, 0.5) is 13.2 Å². The average Bonchev–Trinajstić information content (AvgIpc) is 2.74. The average molecular weight is 316 g/mol. The van der Waals surface area contributed by atoms with Crippen LogP contribution in [0.2, 0.25) is 0 Å². The van der Waals surface area contributed by atoms with Gasteiger partial charge in [-0.3, -0.25) is 0 Å². The summed E-state index contributed by atoms with van der Waals surface area (Å²) in [6, 6.07) is 3.02. The SMILES string of the molecule is CN(CCC(F)(F)F)S(=O)(=O)c1ccc(CCN)s1. The molecule has 1 aromatic heterocycles. The Morgan fingerprint density at radius 1 is 1.37 bits per heavy atom. The molecule has 0 aliphatic carbocycles. The third-order valence-electron chi connectivity index (χ3n) is 2.40. The van der Waals surface area contributed by atoms with Crippen molar-refractivity contribution in [3.8, 4) is 0 Å². The van der Waals surface area contributed by atoms with E-state index in [4.69, 9.17) is 5.73 Å². The highest BCUT2D eigenvalue weighted by atomic mass is 32.2. The number of hydrogen-bond donors (Lipinski definition) is 1. The molecular formula is C10H15F3N2O2S2. The molecule has 0 aliphatic rings. The molecule has 9 heteroatoms. The molecule has 4 nitrogen and oxygen atoms in total. The molecule has 0 spiro atoms. The fraction of sp³-hybridized carbons (Fsp3) is 0.600. The highest BCUT2D eigenvalue weighted by Gasteiger charge is 2.30. The molecule has 0 fully saturated rings. The molecule has 0 radical (unpaired) electrons. The van der Waals surface area contributed by atoms with Crippen LogP contribution < -0.4 is 5.73 Å². The fourth-order valence-corrected chi connectivity index (χ4v) is 4.08. The molecule has 0 atom stereocenters. The second-order valence-electron chi connectivity index (χ2n) is 3.95. The van der Waals surface area contributed by atoms with Crippen LogP contribution in [0.5, 0.6) is 0 Å². The highest BCUT2D eigenvalue weighted by molar-refractivity contribution is 7.91.